The summed E-state index contributed by atoms with van der Waals surface area (Å²) in [5.74, 6) is 0.321. The first-order valence-corrected chi connectivity index (χ1v) is 5.42. The Balaban J connectivity index is 2.08. The fourth-order valence-corrected chi connectivity index (χ4v) is 1.88. The Morgan fingerprint density at radius 2 is 2.12 bits per heavy atom. The summed E-state index contributed by atoms with van der Waals surface area (Å²) >= 11 is 0. The molecule has 1 saturated carbocycles. The van der Waals surface area contributed by atoms with Crippen LogP contribution in [0.5, 0.6) is 0 Å². The highest BCUT2D eigenvalue weighted by Gasteiger charge is 2.47. The SMILES string of the molecule is Cc1ccc2oc(C(=O)C3(N)CC3)cc2c1. The number of carbonyl (C=O) groups is 1. The van der Waals surface area contributed by atoms with E-state index in [1.54, 1.807) is 6.07 Å². The number of aryl methyl sites for hydroxylation is 1. The van der Waals surface area contributed by atoms with E-state index in [4.69, 9.17) is 10.2 Å². The first-order chi connectivity index (χ1) is 7.58. The van der Waals surface area contributed by atoms with Crippen molar-refractivity contribution in [3.8, 4) is 0 Å². The maximum atomic E-state index is 12.0. The molecule has 1 aromatic carbocycles. The van der Waals surface area contributed by atoms with Crippen molar-refractivity contribution in [1.82, 2.24) is 0 Å². The van der Waals surface area contributed by atoms with Crippen LogP contribution in [0.3, 0.4) is 0 Å². The Morgan fingerprint density at radius 3 is 2.81 bits per heavy atom. The van der Waals surface area contributed by atoms with Crippen LogP contribution in [0.1, 0.15) is 29.0 Å². The van der Waals surface area contributed by atoms with Crippen LogP contribution in [0, 0.1) is 6.92 Å². The molecule has 0 amide bonds. The van der Waals surface area contributed by atoms with E-state index in [0.717, 1.165) is 29.4 Å². The Morgan fingerprint density at radius 1 is 1.38 bits per heavy atom. The molecule has 16 heavy (non-hydrogen) atoms. The highest BCUT2D eigenvalue weighted by Crippen LogP contribution is 2.36. The van der Waals surface area contributed by atoms with E-state index in [1.807, 2.05) is 25.1 Å². The smallest absolute Gasteiger partial charge is 0.217 e. The molecule has 0 atom stereocenters. The third-order valence-electron chi connectivity index (χ3n) is 3.14. The van der Waals surface area contributed by atoms with Gasteiger partial charge in [0.05, 0.1) is 5.54 Å². The Hall–Kier alpha value is -1.61. The molecule has 1 fully saturated rings. The van der Waals surface area contributed by atoms with Gasteiger partial charge in [0, 0.05) is 5.39 Å². The van der Waals surface area contributed by atoms with Crippen LogP contribution in [0.4, 0.5) is 0 Å². The van der Waals surface area contributed by atoms with Crippen molar-refractivity contribution in [2.45, 2.75) is 25.3 Å². The molecule has 0 unspecified atom stereocenters. The van der Waals surface area contributed by atoms with Crippen molar-refractivity contribution in [2.75, 3.05) is 0 Å². The molecule has 0 saturated heterocycles. The molecular weight excluding hydrogens is 202 g/mol. The summed E-state index contributed by atoms with van der Waals surface area (Å²) in [4.78, 5) is 12.0. The Labute approximate surface area is 93.2 Å². The molecule has 2 aromatic rings. The number of nitrogens with two attached hydrogens (primary N) is 1. The van der Waals surface area contributed by atoms with Gasteiger partial charge in [0.2, 0.25) is 5.78 Å². The fourth-order valence-electron chi connectivity index (χ4n) is 1.88. The molecule has 1 aromatic heterocycles. The number of hydrogen-bond donors (Lipinski definition) is 1. The molecule has 0 aliphatic heterocycles. The molecule has 0 radical (unpaired) electrons. The van der Waals surface area contributed by atoms with Gasteiger partial charge in [-0.25, -0.2) is 0 Å². The van der Waals surface area contributed by atoms with Crippen LogP contribution in [-0.2, 0) is 0 Å². The second kappa shape index (κ2) is 2.95. The van der Waals surface area contributed by atoms with Gasteiger partial charge < -0.3 is 10.2 Å². The maximum Gasteiger partial charge on any atom is 0.217 e. The van der Waals surface area contributed by atoms with E-state index in [1.165, 1.54) is 0 Å². The summed E-state index contributed by atoms with van der Waals surface area (Å²) in [7, 11) is 0. The first-order valence-electron chi connectivity index (χ1n) is 5.42. The van der Waals surface area contributed by atoms with E-state index in [9.17, 15) is 4.79 Å². The number of carbonyl (C=O) groups excluding carboxylic acids is 1. The van der Waals surface area contributed by atoms with Crippen molar-refractivity contribution < 1.29 is 9.21 Å². The Bertz CT molecular complexity index is 579. The molecule has 82 valence electrons. The van der Waals surface area contributed by atoms with Crippen LogP contribution >= 0.6 is 0 Å². The molecule has 3 rings (SSSR count). The lowest BCUT2D eigenvalue weighted by Gasteiger charge is -2.02. The van der Waals surface area contributed by atoms with Gasteiger partial charge >= 0.3 is 0 Å². The number of hydrogen-bond acceptors (Lipinski definition) is 3. The summed E-state index contributed by atoms with van der Waals surface area (Å²) in [6.07, 6.45) is 1.53. The summed E-state index contributed by atoms with van der Waals surface area (Å²) in [5.41, 5.74) is 7.12. The number of ketones is 1. The zero-order valence-corrected chi connectivity index (χ0v) is 9.12. The lowest BCUT2D eigenvalue weighted by Crippen LogP contribution is -2.32. The minimum Gasteiger partial charge on any atom is -0.453 e. The molecule has 1 heterocycles. The van der Waals surface area contributed by atoms with E-state index < -0.39 is 5.54 Å². The van der Waals surface area contributed by atoms with Crippen LogP contribution < -0.4 is 5.73 Å². The van der Waals surface area contributed by atoms with Gasteiger partial charge in [-0.1, -0.05) is 11.6 Å². The van der Waals surface area contributed by atoms with Gasteiger partial charge in [-0.2, -0.15) is 0 Å². The first kappa shape index (κ1) is 9.60. The standard InChI is InChI=1S/C13H13NO2/c1-8-2-3-10-9(6-8)7-11(16-10)12(15)13(14)4-5-13/h2-3,6-7H,4-5,14H2,1H3. The topological polar surface area (TPSA) is 56.2 Å². The predicted molar refractivity (Wildman–Crippen MR) is 61.4 cm³/mol. The molecule has 1 aliphatic carbocycles. The van der Waals surface area contributed by atoms with Crippen molar-refractivity contribution in [1.29, 1.82) is 0 Å². The Kier molecular flexibility index (Phi) is 1.77. The maximum absolute atomic E-state index is 12.0. The molecular formula is C13H13NO2. The number of furan rings is 1. The lowest BCUT2D eigenvalue weighted by atomic mass is 10.1. The average Bonchev–Trinajstić information content (AvgIpc) is 2.87. The van der Waals surface area contributed by atoms with Gasteiger partial charge in [0.15, 0.2) is 5.76 Å². The predicted octanol–water partition coefficient (Wildman–Crippen LogP) is 2.42. The number of Topliss-reactive ketones (excluding diaryl/α,β-unsaturated/α-hetero) is 1. The summed E-state index contributed by atoms with van der Waals surface area (Å²) in [5, 5.41) is 0.965. The summed E-state index contributed by atoms with van der Waals surface area (Å²) in [6, 6.07) is 7.65. The largest absolute Gasteiger partial charge is 0.453 e. The van der Waals surface area contributed by atoms with Crippen LogP contribution in [0.25, 0.3) is 11.0 Å². The van der Waals surface area contributed by atoms with Gasteiger partial charge in [-0.3, -0.25) is 4.79 Å². The molecule has 3 heteroatoms. The van der Waals surface area contributed by atoms with Gasteiger partial charge in [-0.05, 0) is 38.0 Å². The molecule has 0 bridgehead atoms. The van der Waals surface area contributed by atoms with Gasteiger partial charge in [0.1, 0.15) is 5.58 Å². The van der Waals surface area contributed by atoms with E-state index in [-0.39, 0.29) is 5.78 Å². The third-order valence-corrected chi connectivity index (χ3v) is 3.14. The van der Waals surface area contributed by atoms with Gasteiger partial charge in [0.25, 0.3) is 0 Å². The van der Waals surface area contributed by atoms with Crippen LogP contribution in [0.15, 0.2) is 28.7 Å². The number of rotatable bonds is 2. The zero-order valence-electron chi connectivity index (χ0n) is 9.12. The molecule has 2 N–H and O–H groups in total. The molecule has 3 nitrogen and oxygen atoms in total. The number of fused-ring (bicyclic) bond motifs is 1. The van der Waals surface area contributed by atoms with Crippen molar-refractivity contribution in [2.24, 2.45) is 5.73 Å². The number of benzene rings is 1. The minimum absolute atomic E-state index is 0.0682. The minimum atomic E-state index is -0.650. The zero-order chi connectivity index (χ0) is 11.3. The lowest BCUT2D eigenvalue weighted by molar-refractivity contribution is 0.0924. The van der Waals surface area contributed by atoms with E-state index >= 15 is 0 Å². The normalized spacial score (nSPS) is 17.6. The quantitative estimate of drug-likeness (QED) is 0.782. The molecule has 0 spiro atoms. The average molecular weight is 215 g/mol. The second-order valence-corrected chi connectivity index (χ2v) is 4.64. The van der Waals surface area contributed by atoms with Gasteiger partial charge in [-0.15, -0.1) is 0 Å². The van der Waals surface area contributed by atoms with Crippen molar-refractivity contribution >= 4 is 16.8 Å². The van der Waals surface area contributed by atoms with Crippen LogP contribution in [-0.4, -0.2) is 11.3 Å². The third kappa shape index (κ3) is 1.36. The highest BCUT2D eigenvalue weighted by atomic mass is 16.3. The fraction of sp³-hybridized carbons (Fsp3) is 0.308. The van der Waals surface area contributed by atoms with Crippen molar-refractivity contribution in [3.05, 3.63) is 35.6 Å². The molecule has 1 aliphatic rings. The summed E-state index contributed by atoms with van der Waals surface area (Å²) in [6.45, 7) is 2.01. The summed E-state index contributed by atoms with van der Waals surface area (Å²) < 4.78 is 5.52. The van der Waals surface area contributed by atoms with E-state index in [0.29, 0.717) is 5.76 Å². The monoisotopic (exact) mass is 215 g/mol. The van der Waals surface area contributed by atoms with E-state index in [2.05, 4.69) is 0 Å². The van der Waals surface area contributed by atoms with Crippen LogP contribution in [0.2, 0.25) is 0 Å². The second-order valence-electron chi connectivity index (χ2n) is 4.64. The highest BCUT2D eigenvalue weighted by molar-refractivity contribution is 6.05. The van der Waals surface area contributed by atoms with Crippen molar-refractivity contribution in [3.63, 3.8) is 0 Å².